The van der Waals surface area contributed by atoms with Gasteiger partial charge >= 0.3 is 18.0 Å². The van der Waals surface area contributed by atoms with Gasteiger partial charge in [0.1, 0.15) is 37.3 Å². The molecule has 0 unspecified atom stereocenters. The van der Waals surface area contributed by atoms with Crippen LogP contribution in [-0.2, 0) is 97.3 Å². The number of alkyl carbamates (subject to hydrolysis) is 1. The monoisotopic (exact) mass is 1220 g/mol. The molecule has 7 N–H and O–H groups in total. The van der Waals surface area contributed by atoms with Crippen molar-refractivity contribution in [3.8, 4) is 11.4 Å². The number of imide groups is 1. The van der Waals surface area contributed by atoms with Crippen LogP contribution in [0.15, 0.2) is 102 Å². The first-order valence-electron chi connectivity index (χ1n) is 28.7. The van der Waals surface area contributed by atoms with Crippen molar-refractivity contribution in [1.82, 2.24) is 46.0 Å². The van der Waals surface area contributed by atoms with Crippen LogP contribution in [0.5, 0.6) is 0 Å². The summed E-state index contributed by atoms with van der Waals surface area (Å²) in [6.45, 7) is 0.888. The van der Waals surface area contributed by atoms with Crippen molar-refractivity contribution >= 4 is 76.0 Å². The average Bonchev–Trinajstić information content (AvgIpc) is 1.63. The third-order valence-electron chi connectivity index (χ3n) is 15.7. The van der Waals surface area contributed by atoms with Gasteiger partial charge in [0.15, 0.2) is 12.2 Å². The normalized spacial score (nSPS) is 16.3. The van der Waals surface area contributed by atoms with E-state index in [0.717, 1.165) is 10.5 Å². The standard InChI is InChI=1S/C63H61FN10O15/c1-34-39-19-20-44(56-40-30-74-48(57(40)71-46(55(39)56)26-43(34)64)25-42-41(60(74)83)32-88-61(84)63(42,2)86)72-59(82)45-13-9-12-38(68-45)27-67-62(85)89-31-36-15-17-37(18-16-36)69-50(76)28-66-58(81)47(24-35-10-5-3-6-11-35)70-51(77)33-87-54(80)29-65-49(75)14-7-4-8-23-73-52(78)21-22-53(73)79/h3,5-6,9-13,15-18,21-22,25-26,44,47,86H,4,7-8,14,19-20,23-24,27-33H2,1-2H3,(H,65,75)(H,66,81)(H,67,85)(H,69,76)(H,70,77)(H,72,82)/t44-,47-,63-/m0/s1. The van der Waals surface area contributed by atoms with Crippen molar-refractivity contribution in [1.29, 1.82) is 0 Å². The fraction of sp³-hybridized carbons (Fsp3) is 0.317. The number of carbonyl (C=O) groups excluding carboxylic acids is 10. The predicted molar refractivity (Wildman–Crippen MR) is 313 cm³/mol. The minimum atomic E-state index is -2.10. The summed E-state index contributed by atoms with van der Waals surface area (Å²) < 4.78 is 32.5. The number of hydrogen-bond acceptors (Lipinski definition) is 17. The Labute approximate surface area is 506 Å². The lowest BCUT2D eigenvalue weighted by Crippen LogP contribution is -2.50. The number of aryl methyl sites for hydroxylation is 1. The molecule has 8 amide bonds. The molecule has 460 valence electrons. The summed E-state index contributed by atoms with van der Waals surface area (Å²) in [5, 5.41) is 27.6. The smallest absolute Gasteiger partial charge is 0.407 e. The zero-order chi connectivity index (χ0) is 63.1. The van der Waals surface area contributed by atoms with Crippen LogP contribution in [0.4, 0.5) is 14.9 Å². The van der Waals surface area contributed by atoms with E-state index in [-0.39, 0.29) is 74.3 Å². The van der Waals surface area contributed by atoms with Gasteiger partial charge in [0.25, 0.3) is 29.2 Å². The molecule has 3 aliphatic heterocycles. The van der Waals surface area contributed by atoms with Crippen LogP contribution in [-0.4, -0.2) is 116 Å². The van der Waals surface area contributed by atoms with Crippen molar-refractivity contribution in [3.63, 3.8) is 0 Å². The maximum atomic E-state index is 15.4. The SMILES string of the molecule is Cc1c(F)cc2nc3c(c4c2c1CC[C@@H]4NC(=O)c1cccc(CNC(=O)OCc2ccc(NC(=O)CNC(=O)[C@H](Cc4ccccc4)NC(=O)COC(=O)CNC(=O)CCCCCN4C(=O)C=CC4=O)cc2)n1)Cn1c-3cc2c(c1=O)COC(=O)[C@@]2(C)O. The molecule has 0 radical (unpaired) electrons. The van der Waals surface area contributed by atoms with Gasteiger partial charge in [-0.2, -0.15) is 0 Å². The highest BCUT2D eigenvalue weighted by molar-refractivity contribution is 6.13. The summed E-state index contributed by atoms with van der Waals surface area (Å²) in [6.07, 6.45) is 4.01. The van der Waals surface area contributed by atoms with Crippen molar-refractivity contribution in [2.45, 2.75) is 103 Å². The number of benzene rings is 3. The van der Waals surface area contributed by atoms with Gasteiger partial charge in [0.05, 0.1) is 53.8 Å². The predicted octanol–water partition coefficient (Wildman–Crippen LogP) is 3.30. The van der Waals surface area contributed by atoms with E-state index in [4.69, 9.17) is 19.2 Å². The fourth-order valence-corrected chi connectivity index (χ4v) is 11.1. The van der Waals surface area contributed by atoms with E-state index in [1.165, 1.54) is 35.8 Å². The number of carbonyl (C=O) groups is 10. The fourth-order valence-electron chi connectivity index (χ4n) is 11.1. The number of ether oxygens (including phenoxy) is 3. The molecular formula is C63H61FN10O15. The largest absolute Gasteiger partial charge is 0.458 e. The Morgan fingerprint density at radius 1 is 0.809 bits per heavy atom. The molecule has 0 bridgehead atoms. The number of amides is 8. The number of unbranched alkanes of at least 4 members (excludes halogenated alkanes) is 2. The maximum Gasteiger partial charge on any atom is 0.407 e. The molecule has 26 heteroatoms. The Kier molecular flexibility index (Phi) is 18.4. The zero-order valence-corrected chi connectivity index (χ0v) is 48.3. The van der Waals surface area contributed by atoms with Gasteiger partial charge < -0.3 is 55.8 Å². The van der Waals surface area contributed by atoms with Crippen LogP contribution in [0.2, 0.25) is 0 Å². The Hall–Kier alpha value is -10.5. The summed E-state index contributed by atoms with van der Waals surface area (Å²) in [5.41, 5.74) is 3.10. The molecule has 3 atom stereocenters. The van der Waals surface area contributed by atoms with E-state index in [1.54, 1.807) is 79.7 Å². The highest BCUT2D eigenvalue weighted by Crippen LogP contribution is 2.46. The molecule has 0 saturated carbocycles. The Bertz CT molecular complexity index is 3960. The number of aromatic nitrogens is 3. The number of cyclic esters (lactones) is 1. The minimum Gasteiger partial charge on any atom is -0.458 e. The first-order chi connectivity index (χ1) is 42.7. The lowest BCUT2D eigenvalue weighted by molar-refractivity contribution is -0.169. The minimum absolute atomic E-state index is 0.0289. The number of nitrogens with zero attached hydrogens (tertiary/aromatic N) is 4. The zero-order valence-electron chi connectivity index (χ0n) is 48.3. The highest BCUT2D eigenvalue weighted by atomic mass is 19.1. The first-order valence-corrected chi connectivity index (χ1v) is 28.7. The Balaban J connectivity index is 0.668. The van der Waals surface area contributed by atoms with Gasteiger partial charge in [0, 0.05) is 59.8 Å². The van der Waals surface area contributed by atoms with Gasteiger partial charge in [-0.05, 0) is 97.7 Å². The number of nitrogens with one attached hydrogen (secondary N) is 6. The van der Waals surface area contributed by atoms with Gasteiger partial charge in [-0.25, -0.2) is 23.9 Å². The molecule has 89 heavy (non-hydrogen) atoms. The molecule has 4 aliphatic rings. The van der Waals surface area contributed by atoms with Crippen molar-refractivity contribution in [2.75, 3.05) is 31.6 Å². The molecule has 3 aromatic carbocycles. The van der Waals surface area contributed by atoms with Crippen molar-refractivity contribution < 1.29 is 71.7 Å². The van der Waals surface area contributed by atoms with E-state index in [9.17, 15) is 57.8 Å². The second-order valence-corrected chi connectivity index (χ2v) is 21.9. The molecule has 0 fully saturated rings. The number of hydrogen-bond donors (Lipinski definition) is 7. The number of pyridine rings is 3. The van der Waals surface area contributed by atoms with Crippen LogP contribution in [0.25, 0.3) is 22.3 Å². The first kappa shape index (κ1) is 61.6. The maximum absolute atomic E-state index is 15.4. The third-order valence-corrected chi connectivity index (χ3v) is 15.7. The van der Waals surface area contributed by atoms with Crippen molar-refractivity contribution in [3.05, 3.63) is 169 Å². The van der Waals surface area contributed by atoms with E-state index in [0.29, 0.717) is 93.6 Å². The number of anilines is 1. The third kappa shape index (κ3) is 14.0. The average molecular weight is 1220 g/mol. The van der Waals surface area contributed by atoms with Crippen LogP contribution in [0.3, 0.4) is 0 Å². The summed E-state index contributed by atoms with van der Waals surface area (Å²) in [5.74, 6) is -6.10. The molecule has 6 heterocycles. The van der Waals surface area contributed by atoms with Crippen LogP contribution in [0.1, 0.15) is 106 Å². The molecule has 0 saturated heterocycles. The number of esters is 2. The highest BCUT2D eigenvalue weighted by Gasteiger charge is 2.44. The quantitative estimate of drug-likeness (QED) is 0.0209. The van der Waals surface area contributed by atoms with Crippen molar-refractivity contribution in [2.24, 2.45) is 0 Å². The molecule has 1 aliphatic carbocycles. The Morgan fingerprint density at radius 3 is 2.34 bits per heavy atom. The topological polar surface area (TPSA) is 342 Å². The van der Waals surface area contributed by atoms with Gasteiger partial charge in [-0.15, -0.1) is 0 Å². The summed E-state index contributed by atoms with van der Waals surface area (Å²) in [7, 11) is 0. The van der Waals surface area contributed by atoms with Crippen LogP contribution < -0.4 is 37.5 Å². The van der Waals surface area contributed by atoms with Gasteiger partial charge in [-0.1, -0.05) is 55.0 Å². The van der Waals surface area contributed by atoms with Gasteiger partial charge in [-0.3, -0.25) is 48.1 Å². The lowest BCUT2D eigenvalue weighted by atomic mass is 9.81. The lowest BCUT2D eigenvalue weighted by Gasteiger charge is -2.29. The van der Waals surface area contributed by atoms with Crippen LogP contribution >= 0.6 is 0 Å². The second kappa shape index (κ2) is 26.6. The van der Waals surface area contributed by atoms with Crippen LogP contribution in [0, 0.1) is 12.7 Å². The number of fused-ring (bicyclic) bond motifs is 5. The molecular weight excluding hydrogens is 1160 g/mol. The molecule has 25 nitrogen and oxygen atoms in total. The summed E-state index contributed by atoms with van der Waals surface area (Å²) >= 11 is 0. The Morgan fingerprint density at radius 2 is 1.57 bits per heavy atom. The second-order valence-electron chi connectivity index (χ2n) is 21.9. The number of halogens is 1. The van der Waals surface area contributed by atoms with E-state index >= 15 is 4.39 Å². The number of rotatable bonds is 23. The molecule has 0 spiro atoms. The molecule has 6 aromatic rings. The van der Waals surface area contributed by atoms with Gasteiger partial charge in [0.2, 0.25) is 17.7 Å². The number of aliphatic hydroxyl groups is 1. The summed E-state index contributed by atoms with van der Waals surface area (Å²) in [6, 6.07) is 20.9. The molecule has 3 aromatic heterocycles. The summed E-state index contributed by atoms with van der Waals surface area (Å²) in [4.78, 5) is 151. The van der Waals surface area contributed by atoms with E-state index in [1.807, 2.05) is 0 Å². The molecule has 10 rings (SSSR count). The van der Waals surface area contributed by atoms with E-state index in [2.05, 4.69) is 36.9 Å². The van der Waals surface area contributed by atoms with E-state index < -0.39 is 96.3 Å².